The van der Waals surface area contributed by atoms with E-state index in [-0.39, 0.29) is 18.3 Å². The molecule has 2 aliphatic rings. The zero-order chi connectivity index (χ0) is 24.1. The van der Waals surface area contributed by atoms with Gasteiger partial charge in [-0.1, -0.05) is 49.4 Å². The molecule has 7 heteroatoms. The molecule has 4 rings (SSSR count). The van der Waals surface area contributed by atoms with Crippen LogP contribution in [0.2, 0.25) is 0 Å². The molecule has 0 aromatic heterocycles. The predicted octanol–water partition coefficient (Wildman–Crippen LogP) is 3.26. The summed E-state index contributed by atoms with van der Waals surface area (Å²) in [5, 5.41) is 0. The molecular weight excluding hydrogens is 433 g/mol. The molecule has 0 N–H and O–H groups in total. The Morgan fingerprint density at radius 1 is 0.912 bits per heavy atom. The van der Waals surface area contributed by atoms with E-state index in [9.17, 15) is 18.8 Å². The highest BCUT2D eigenvalue weighted by Crippen LogP contribution is 2.24. The lowest BCUT2D eigenvalue weighted by atomic mass is 9.90. The van der Waals surface area contributed by atoms with Crippen LogP contribution in [0.25, 0.3) is 0 Å². The van der Waals surface area contributed by atoms with E-state index in [2.05, 4.69) is 24.3 Å². The quantitative estimate of drug-likeness (QED) is 0.590. The molecule has 0 radical (unpaired) electrons. The Bertz CT molecular complexity index is 1000. The van der Waals surface area contributed by atoms with Gasteiger partial charge in [0.25, 0.3) is 0 Å². The summed E-state index contributed by atoms with van der Waals surface area (Å²) in [7, 11) is 0. The van der Waals surface area contributed by atoms with Crippen molar-refractivity contribution in [2.45, 2.75) is 45.2 Å². The second-order valence-electron chi connectivity index (χ2n) is 9.23. The van der Waals surface area contributed by atoms with E-state index < -0.39 is 17.9 Å². The minimum absolute atomic E-state index is 0.0613. The van der Waals surface area contributed by atoms with Gasteiger partial charge in [0, 0.05) is 32.7 Å². The maximum absolute atomic E-state index is 13.3. The van der Waals surface area contributed by atoms with Crippen molar-refractivity contribution in [3.63, 3.8) is 0 Å². The number of nitrogens with zero attached hydrogens (tertiary/aromatic N) is 3. The van der Waals surface area contributed by atoms with E-state index in [1.165, 1.54) is 27.5 Å². The average Bonchev–Trinajstić information content (AvgIpc) is 2.86. The largest absolute Gasteiger partial charge is 0.341 e. The first-order valence-corrected chi connectivity index (χ1v) is 12.1. The Morgan fingerprint density at radius 2 is 1.59 bits per heavy atom. The molecule has 34 heavy (non-hydrogen) atoms. The topological polar surface area (TPSA) is 60.9 Å². The Morgan fingerprint density at radius 3 is 2.24 bits per heavy atom. The van der Waals surface area contributed by atoms with Gasteiger partial charge in [-0.05, 0) is 54.9 Å². The fourth-order valence-corrected chi connectivity index (χ4v) is 4.99. The van der Waals surface area contributed by atoms with E-state index >= 15 is 0 Å². The summed E-state index contributed by atoms with van der Waals surface area (Å²) >= 11 is 0. The van der Waals surface area contributed by atoms with Crippen LogP contribution in [0.5, 0.6) is 0 Å². The van der Waals surface area contributed by atoms with Crippen molar-refractivity contribution < 1.29 is 18.8 Å². The van der Waals surface area contributed by atoms with Crippen molar-refractivity contribution >= 4 is 17.7 Å². The smallest absolute Gasteiger partial charge is 0.312 e. The van der Waals surface area contributed by atoms with Crippen LogP contribution in [-0.2, 0) is 27.3 Å². The van der Waals surface area contributed by atoms with E-state index in [4.69, 9.17) is 0 Å². The number of halogens is 1. The third-order valence-electron chi connectivity index (χ3n) is 6.97. The second-order valence-corrected chi connectivity index (χ2v) is 9.23. The summed E-state index contributed by atoms with van der Waals surface area (Å²) in [5.74, 6) is -1.10. The molecule has 3 amide bonds. The maximum atomic E-state index is 13.3. The summed E-state index contributed by atoms with van der Waals surface area (Å²) in [4.78, 5) is 43.8. The first kappa shape index (κ1) is 23.9. The Hall–Kier alpha value is -3.22. The number of piperazine rings is 1. The van der Waals surface area contributed by atoms with Gasteiger partial charge < -0.3 is 14.7 Å². The molecule has 2 aromatic rings. The zero-order valence-corrected chi connectivity index (χ0v) is 19.7. The van der Waals surface area contributed by atoms with Crippen molar-refractivity contribution in [1.82, 2.24) is 14.7 Å². The van der Waals surface area contributed by atoms with Crippen molar-refractivity contribution in [2.75, 3.05) is 26.2 Å². The molecule has 2 saturated heterocycles. The number of piperidine rings is 1. The third kappa shape index (κ3) is 5.46. The Kier molecular flexibility index (Phi) is 7.60. The van der Waals surface area contributed by atoms with Crippen LogP contribution in [0.1, 0.15) is 37.3 Å². The normalized spacial score (nSPS) is 18.4. The van der Waals surface area contributed by atoms with Gasteiger partial charge in [-0.2, -0.15) is 0 Å². The first-order valence-electron chi connectivity index (χ1n) is 12.1. The summed E-state index contributed by atoms with van der Waals surface area (Å²) in [6.07, 6.45) is 3.37. The lowest BCUT2D eigenvalue weighted by Gasteiger charge is -2.40. The number of hydrogen-bond donors (Lipinski definition) is 0. The molecule has 0 bridgehead atoms. The van der Waals surface area contributed by atoms with Gasteiger partial charge in [0.15, 0.2) is 0 Å². The number of amides is 3. The van der Waals surface area contributed by atoms with E-state index in [0.717, 1.165) is 24.8 Å². The number of carbonyl (C=O) groups is 3. The van der Waals surface area contributed by atoms with Gasteiger partial charge in [0.2, 0.25) is 5.91 Å². The molecule has 2 aromatic carbocycles. The molecular formula is C27H32FN3O3. The first-order chi connectivity index (χ1) is 16.5. The summed E-state index contributed by atoms with van der Waals surface area (Å²) < 4.78 is 13.2. The van der Waals surface area contributed by atoms with Crippen molar-refractivity contribution in [2.24, 2.45) is 5.92 Å². The monoisotopic (exact) mass is 465 g/mol. The van der Waals surface area contributed by atoms with Crippen LogP contribution >= 0.6 is 0 Å². The fourth-order valence-electron chi connectivity index (χ4n) is 4.99. The minimum Gasteiger partial charge on any atom is -0.341 e. The molecule has 2 fully saturated rings. The summed E-state index contributed by atoms with van der Waals surface area (Å²) in [6.45, 7) is 4.16. The van der Waals surface area contributed by atoms with Crippen LogP contribution in [0, 0.1) is 11.7 Å². The highest BCUT2D eigenvalue weighted by atomic mass is 19.1. The van der Waals surface area contributed by atoms with E-state index in [0.29, 0.717) is 38.5 Å². The fraction of sp³-hybridized carbons (Fsp3) is 0.444. The molecule has 0 spiro atoms. The van der Waals surface area contributed by atoms with Crippen LogP contribution in [-0.4, -0.2) is 64.6 Å². The zero-order valence-electron chi connectivity index (χ0n) is 19.7. The van der Waals surface area contributed by atoms with Crippen molar-refractivity contribution in [3.05, 3.63) is 71.5 Å². The van der Waals surface area contributed by atoms with Crippen molar-refractivity contribution in [1.29, 1.82) is 0 Å². The molecule has 1 atom stereocenters. The lowest BCUT2D eigenvalue weighted by Crippen LogP contribution is -2.60. The highest BCUT2D eigenvalue weighted by molar-refractivity contribution is 6.35. The van der Waals surface area contributed by atoms with Gasteiger partial charge in [-0.3, -0.25) is 14.4 Å². The molecule has 0 saturated carbocycles. The van der Waals surface area contributed by atoms with Gasteiger partial charge in [-0.25, -0.2) is 4.39 Å². The number of benzene rings is 2. The average molecular weight is 466 g/mol. The number of carbonyl (C=O) groups excluding carboxylic acids is 3. The van der Waals surface area contributed by atoms with E-state index in [1.54, 1.807) is 12.1 Å². The molecule has 6 nitrogen and oxygen atoms in total. The third-order valence-corrected chi connectivity index (χ3v) is 6.97. The highest BCUT2D eigenvalue weighted by Gasteiger charge is 2.40. The van der Waals surface area contributed by atoms with Crippen LogP contribution < -0.4 is 0 Å². The molecule has 2 aliphatic heterocycles. The Balaban J connectivity index is 1.33. The van der Waals surface area contributed by atoms with Gasteiger partial charge >= 0.3 is 11.8 Å². The maximum Gasteiger partial charge on any atom is 0.312 e. The Labute approximate surface area is 200 Å². The predicted molar refractivity (Wildman–Crippen MR) is 127 cm³/mol. The molecule has 0 aliphatic carbocycles. The standard InChI is InChI=1S/C27H32FN3O3/c1-2-24(25(32)29-14-12-21(13-15-29)18-20-6-4-3-5-7-20)31-17-16-30(26(33)27(31)34)19-22-8-10-23(28)11-9-22/h3-11,21,24H,2,12-19H2,1H3/t24-/m1/s1. The minimum atomic E-state index is -0.632. The number of hydrogen-bond acceptors (Lipinski definition) is 3. The second kappa shape index (κ2) is 10.8. The van der Waals surface area contributed by atoms with Gasteiger partial charge in [0.1, 0.15) is 11.9 Å². The SMILES string of the molecule is CC[C@H](C(=O)N1CCC(Cc2ccccc2)CC1)N1CCN(Cc2ccc(F)cc2)C(=O)C1=O. The lowest BCUT2D eigenvalue weighted by molar-refractivity contribution is -0.161. The van der Waals surface area contributed by atoms with Crippen LogP contribution in [0.4, 0.5) is 4.39 Å². The summed E-state index contributed by atoms with van der Waals surface area (Å²) in [5.41, 5.74) is 2.08. The van der Waals surface area contributed by atoms with Gasteiger partial charge in [-0.15, -0.1) is 0 Å². The van der Waals surface area contributed by atoms with Crippen LogP contribution in [0.3, 0.4) is 0 Å². The number of rotatable bonds is 7. The van der Waals surface area contributed by atoms with E-state index in [1.807, 2.05) is 17.9 Å². The number of likely N-dealkylation sites (tertiary alicyclic amines) is 1. The molecule has 0 unspecified atom stereocenters. The molecule has 2 heterocycles. The molecule has 180 valence electrons. The summed E-state index contributed by atoms with van der Waals surface area (Å²) in [6, 6.07) is 15.7. The van der Waals surface area contributed by atoms with Crippen molar-refractivity contribution in [3.8, 4) is 0 Å². The van der Waals surface area contributed by atoms with Gasteiger partial charge in [0.05, 0.1) is 0 Å². The van der Waals surface area contributed by atoms with Crippen LogP contribution in [0.15, 0.2) is 54.6 Å².